The zero-order chi connectivity index (χ0) is 16.4. The molecule has 0 radical (unpaired) electrons. The summed E-state index contributed by atoms with van der Waals surface area (Å²) in [7, 11) is 0. The smallest absolute Gasteiger partial charge is 0.462 e. The van der Waals surface area contributed by atoms with Gasteiger partial charge in [-0.3, -0.25) is 0 Å². The van der Waals surface area contributed by atoms with Gasteiger partial charge >= 0.3 is 18.5 Å². The molecule has 0 aliphatic carbocycles. The van der Waals surface area contributed by atoms with Crippen molar-refractivity contribution in [2.45, 2.75) is 19.5 Å². The van der Waals surface area contributed by atoms with E-state index in [2.05, 4.69) is 14.5 Å². The van der Waals surface area contributed by atoms with E-state index < -0.39 is 39.1 Å². The van der Waals surface area contributed by atoms with Gasteiger partial charge in [0.15, 0.2) is 11.4 Å². The number of aromatic nitrogens is 1. The molecule has 0 fully saturated rings. The molecule has 0 spiro atoms. The van der Waals surface area contributed by atoms with E-state index in [1.807, 2.05) is 0 Å². The lowest BCUT2D eigenvalue weighted by Gasteiger charge is -2.17. The van der Waals surface area contributed by atoms with Crippen molar-refractivity contribution in [1.29, 1.82) is 0 Å². The molecule has 0 aliphatic rings. The Balaban J connectivity index is 3.56. The molecular weight excluding hydrogens is 423 g/mol. The summed E-state index contributed by atoms with van der Waals surface area (Å²) in [5.74, 6) is -2.89. The first kappa shape index (κ1) is 17.8. The van der Waals surface area contributed by atoms with Crippen LogP contribution in [0.1, 0.15) is 23.0 Å². The van der Waals surface area contributed by atoms with E-state index in [4.69, 9.17) is 0 Å². The van der Waals surface area contributed by atoms with Crippen LogP contribution in [0.25, 0.3) is 0 Å². The molecule has 4 nitrogen and oxygen atoms in total. The monoisotopic (exact) mass is 429 g/mol. The maximum atomic E-state index is 12.8. The van der Waals surface area contributed by atoms with Gasteiger partial charge in [0.1, 0.15) is 5.56 Å². The van der Waals surface area contributed by atoms with Crippen molar-refractivity contribution in [2.24, 2.45) is 0 Å². The van der Waals surface area contributed by atoms with Crippen LogP contribution in [0.5, 0.6) is 5.75 Å². The zero-order valence-electron chi connectivity index (χ0n) is 10.1. The Morgan fingerprint density at radius 3 is 2.29 bits per heavy atom. The van der Waals surface area contributed by atoms with Crippen LogP contribution in [-0.2, 0) is 10.9 Å². The summed E-state index contributed by atoms with van der Waals surface area (Å²) >= 11 is 1.27. The number of rotatable bonds is 3. The number of pyridine rings is 1. The maximum absolute atomic E-state index is 12.8. The quantitative estimate of drug-likeness (QED) is 0.417. The second-order valence-corrected chi connectivity index (χ2v) is 4.59. The molecule has 0 atom stereocenters. The highest BCUT2D eigenvalue weighted by Gasteiger charge is 2.43. The van der Waals surface area contributed by atoms with E-state index in [1.165, 1.54) is 29.5 Å². The molecule has 1 aromatic heterocycles. The predicted molar refractivity (Wildman–Crippen MR) is 64.6 cm³/mol. The third-order valence-corrected chi connectivity index (χ3v) is 2.72. The Hall–Kier alpha value is -1.27. The molecule has 1 aromatic rings. The molecule has 1 rings (SSSR count). The van der Waals surface area contributed by atoms with E-state index in [0.29, 0.717) is 6.20 Å². The summed E-state index contributed by atoms with van der Waals surface area (Å²) in [6, 6.07) is 0. The molecule has 21 heavy (non-hydrogen) atoms. The lowest BCUT2D eigenvalue weighted by atomic mass is 10.1. The molecule has 0 unspecified atom stereocenters. The van der Waals surface area contributed by atoms with Crippen molar-refractivity contribution in [3.8, 4) is 5.75 Å². The number of ether oxygens (including phenoxy) is 2. The SMILES string of the molecule is CCOC(=O)c1c(C(F)(F)F)ncc(I)c1OC(F)(F)F. The Morgan fingerprint density at radius 1 is 1.29 bits per heavy atom. The topological polar surface area (TPSA) is 48.4 Å². The molecule has 0 N–H and O–H groups in total. The van der Waals surface area contributed by atoms with Crippen LogP contribution in [0.15, 0.2) is 6.20 Å². The fraction of sp³-hybridized carbons (Fsp3) is 0.400. The Kier molecular flexibility index (Phi) is 5.28. The second-order valence-electron chi connectivity index (χ2n) is 3.42. The highest BCUT2D eigenvalue weighted by molar-refractivity contribution is 14.1. The van der Waals surface area contributed by atoms with E-state index >= 15 is 0 Å². The van der Waals surface area contributed by atoms with Crippen molar-refractivity contribution < 1.29 is 40.6 Å². The third-order valence-electron chi connectivity index (χ3n) is 1.95. The normalized spacial score (nSPS) is 12.2. The molecule has 0 aliphatic heterocycles. The highest BCUT2D eigenvalue weighted by atomic mass is 127. The van der Waals surface area contributed by atoms with Gasteiger partial charge in [-0.25, -0.2) is 9.78 Å². The van der Waals surface area contributed by atoms with Crippen LogP contribution in [0.2, 0.25) is 0 Å². The van der Waals surface area contributed by atoms with Gasteiger partial charge in [0.2, 0.25) is 0 Å². The van der Waals surface area contributed by atoms with Crippen molar-refractivity contribution >= 4 is 28.6 Å². The van der Waals surface area contributed by atoms with Crippen LogP contribution in [0.3, 0.4) is 0 Å². The van der Waals surface area contributed by atoms with E-state index in [9.17, 15) is 31.1 Å². The second kappa shape index (κ2) is 6.23. The number of halogens is 7. The molecule has 1 heterocycles. The average molecular weight is 429 g/mol. The van der Waals surface area contributed by atoms with E-state index in [-0.39, 0.29) is 6.61 Å². The van der Waals surface area contributed by atoms with Crippen LogP contribution in [0, 0.1) is 3.57 Å². The van der Waals surface area contributed by atoms with Crippen LogP contribution in [-0.4, -0.2) is 23.9 Å². The molecule has 0 aromatic carbocycles. The molecule has 0 saturated heterocycles. The molecule has 11 heteroatoms. The fourth-order valence-electron chi connectivity index (χ4n) is 1.29. The van der Waals surface area contributed by atoms with Crippen molar-refractivity contribution in [3.63, 3.8) is 0 Å². The number of carbonyl (C=O) groups is 1. The lowest BCUT2D eigenvalue weighted by Crippen LogP contribution is -2.24. The average Bonchev–Trinajstić information content (AvgIpc) is 2.28. The minimum atomic E-state index is -5.27. The summed E-state index contributed by atoms with van der Waals surface area (Å²) in [4.78, 5) is 14.5. The number of hydrogen-bond acceptors (Lipinski definition) is 4. The van der Waals surface area contributed by atoms with E-state index in [0.717, 1.165) is 0 Å². The first-order valence-electron chi connectivity index (χ1n) is 5.16. The zero-order valence-corrected chi connectivity index (χ0v) is 12.3. The van der Waals surface area contributed by atoms with Crippen molar-refractivity contribution in [3.05, 3.63) is 21.0 Å². The van der Waals surface area contributed by atoms with Gasteiger partial charge in [0.05, 0.1) is 10.2 Å². The summed E-state index contributed by atoms with van der Waals surface area (Å²) in [6.07, 6.45) is -9.89. The largest absolute Gasteiger partial charge is 0.573 e. The van der Waals surface area contributed by atoms with Gasteiger partial charge in [0, 0.05) is 6.20 Å². The van der Waals surface area contributed by atoms with Crippen LogP contribution >= 0.6 is 22.6 Å². The molecule has 118 valence electrons. The van der Waals surface area contributed by atoms with Gasteiger partial charge in [0.25, 0.3) is 0 Å². The molecule has 0 amide bonds. The number of nitrogens with zero attached hydrogens (tertiary/aromatic N) is 1. The molecule has 0 bridgehead atoms. The van der Waals surface area contributed by atoms with Crippen molar-refractivity contribution in [1.82, 2.24) is 4.98 Å². The first-order valence-corrected chi connectivity index (χ1v) is 6.23. The number of alkyl halides is 6. The number of hydrogen-bond donors (Lipinski definition) is 0. The number of esters is 1. The Bertz CT molecular complexity index is 543. The summed E-state index contributed by atoms with van der Waals surface area (Å²) in [5.41, 5.74) is -3.21. The Morgan fingerprint density at radius 2 is 1.86 bits per heavy atom. The summed E-state index contributed by atoms with van der Waals surface area (Å²) < 4.78 is 82.7. The van der Waals surface area contributed by atoms with Gasteiger partial charge in [-0.15, -0.1) is 13.2 Å². The summed E-state index contributed by atoms with van der Waals surface area (Å²) in [6.45, 7) is 0.962. The first-order chi connectivity index (χ1) is 9.47. The summed E-state index contributed by atoms with van der Waals surface area (Å²) in [5, 5.41) is 0. The van der Waals surface area contributed by atoms with Gasteiger partial charge in [-0.05, 0) is 29.5 Å². The van der Waals surface area contributed by atoms with E-state index in [1.54, 1.807) is 0 Å². The van der Waals surface area contributed by atoms with Gasteiger partial charge in [-0.2, -0.15) is 13.2 Å². The predicted octanol–water partition coefficient (Wildman–Crippen LogP) is 3.78. The third kappa shape index (κ3) is 4.61. The molecular formula is C10H6F6INO3. The number of carbonyl (C=O) groups excluding carboxylic acids is 1. The minimum Gasteiger partial charge on any atom is -0.462 e. The van der Waals surface area contributed by atoms with Crippen molar-refractivity contribution in [2.75, 3.05) is 6.61 Å². The fourth-order valence-corrected chi connectivity index (χ4v) is 1.81. The van der Waals surface area contributed by atoms with Gasteiger partial charge < -0.3 is 9.47 Å². The van der Waals surface area contributed by atoms with Crippen LogP contribution < -0.4 is 4.74 Å². The lowest BCUT2D eigenvalue weighted by molar-refractivity contribution is -0.275. The molecule has 0 saturated carbocycles. The van der Waals surface area contributed by atoms with Gasteiger partial charge in [-0.1, -0.05) is 0 Å². The Labute approximate surface area is 127 Å². The highest BCUT2D eigenvalue weighted by Crippen LogP contribution is 2.39. The van der Waals surface area contributed by atoms with Crippen LogP contribution in [0.4, 0.5) is 26.3 Å². The standard InChI is InChI=1S/C10H6F6INO3/c1-2-20-8(19)5-6(21-10(14,15)16)4(17)3-18-7(5)9(11,12)13/h3H,2H2,1H3. The minimum absolute atomic E-state index is 0.326. The maximum Gasteiger partial charge on any atom is 0.573 e.